The van der Waals surface area contributed by atoms with Crippen LogP contribution in [0.5, 0.6) is 5.75 Å². The van der Waals surface area contributed by atoms with Crippen LogP contribution in [0.3, 0.4) is 0 Å². The standard InChI is InChI=1S/C11H17O3P/c1-11(2,3)8-9-6-4-5-7-10(9)14-15(12)13/h4-7,12-13H,8H2,1-3H3. The molecule has 2 N–H and O–H groups in total. The van der Waals surface area contributed by atoms with Crippen molar-refractivity contribution in [2.75, 3.05) is 0 Å². The predicted molar refractivity (Wildman–Crippen MR) is 61.6 cm³/mol. The van der Waals surface area contributed by atoms with Crippen molar-refractivity contribution in [1.82, 2.24) is 0 Å². The van der Waals surface area contributed by atoms with Gasteiger partial charge in [-0.25, -0.2) is 0 Å². The average molecular weight is 228 g/mol. The Morgan fingerprint density at radius 2 is 1.80 bits per heavy atom. The fourth-order valence-corrected chi connectivity index (χ4v) is 1.75. The lowest BCUT2D eigenvalue weighted by Gasteiger charge is -2.20. The fourth-order valence-electron chi connectivity index (χ4n) is 1.40. The van der Waals surface area contributed by atoms with Crippen molar-refractivity contribution in [2.24, 2.45) is 5.41 Å². The predicted octanol–water partition coefficient (Wildman–Crippen LogP) is 2.87. The number of rotatable bonds is 3. The minimum absolute atomic E-state index is 0.146. The van der Waals surface area contributed by atoms with Crippen LogP contribution in [-0.4, -0.2) is 9.79 Å². The second-order valence-corrected chi connectivity index (χ2v) is 5.38. The molecule has 1 aromatic carbocycles. The summed E-state index contributed by atoms with van der Waals surface area (Å²) in [6.45, 7) is 6.39. The number of para-hydroxylation sites is 1. The van der Waals surface area contributed by atoms with Crippen LogP contribution in [0.25, 0.3) is 0 Å². The maximum atomic E-state index is 8.83. The van der Waals surface area contributed by atoms with Gasteiger partial charge in [-0.2, -0.15) is 0 Å². The largest absolute Gasteiger partial charge is 0.427 e. The van der Waals surface area contributed by atoms with Gasteiger partial charge in [-0.05, 0) is 23.5 Å². The van der Waals surface area contributed by atoms with Gasteiger partial charge in [0.2, 0.25) is 0 Å². The molecular weight excluding hydrogens is 211 g/mol. The van der Waals surface area contributed by atoms with Crippen molar-refractivity contribution in [2.45, 2.75) is 27.2 Å². The van der Waals surface area contributed by atoms with E-state index >= 15 is 0 Å². The first-order chi connectivity index (χ1) is 6.88. The molecule has 0 aromatic heterocycles. The Balaban J connectivity index is 2.86. The molecule has 0 bridgehead atoms. The average Bonchev–Trinajstić information content (AvgIpc) is 2.05. The lowest BCUT2D eigenvalue weighted by atomic mass is 9.88. The van der Waals surface area contributed by atoms with E-state index in [1.165, 1.54) is 0 Å². The van der Waals surface area contributed by atoms with Crippen molar-refractivity contribution in [1.29, 1.82) is 0 Å². The van der Waals surface area contributed by atoms with Gasteiger partial charge in [0, 0.05) is 0 Å². The normalized spacial score (nSPS) is 11.9. The zero-order valence-corrected chi connectivity index (χ0v) is 10.2. The lowest BCUT2D eigenvalue weighted by molar-refractivity contribution is 0.365. The van der Waals surface area contributed by atoms with E-state index < -0.39 is 8.60 Å². The van der Waals surface area contributed by atoms with Crippen LogP contribution in [0.2, 0.25) is 0 Å². The molecule has 0 atom stereocenters. The minimum Gasteiger partial charge on any atom is -0.427 e. The first-order valence-electron chi connectivity index (χ1n) is 4.82. The molecule has 0 fully saturated rings. The van der Waals surface area contributed by atoms with Crippen LogP contribution < -0.4 is 4.52 Å². The molecule has 0 unspecified atom stereocenters. The van der Waals surface area contributed by atoms with Crippen LogP contribution in [0.4, 0.5) is 0 Å². The van der Waals surface area contributed by atoms with Crippen molar-refractivity contribution >= 4 is 8.60 Å². The van der Waals surface area contributed by atoms with Gasteiger partial charge in [-0.3, -0.25) is 0 Å². The summed E-state index contributed by atoms with van der Waals surface area (Å²) < 4.78 is 4.97. The smallest absolute Gasteiger partial charge is 0.391 e. The Labute approximate surface area is 91.7 Å². The molecule has 0 saturated carbocycles. The molecule has 0 heterocycles. The van der Waals surface area contributed by atoms with Crippen LogP contribution in [-0.2, 0) is 6.42 Å². The summed E-state index contributed by atoms with van der Waals surface area (Å²) in [6.07, 6.45) is 0.840. The van der Waals surface area contributed by atoms with Gasteiger partial charge in [-0.1, -0.05) is 39.0 Å². The van der Waals surface area contributed by atoms with Gasteiger partial charge in [-0.15, -0.1) is 0 Å². The fraction of sp³-hybridized carbons (Fsp3) is 0.455. The Morgan fingerprint density at radius 3 is 2.33 bits per heavy atom. The summed E-state index contributed by atoms with van der Waals surface area (Å²) in [5, 5.41) is 0. The van der Waals surface area contributed by atoms with E-state index in [-0.39, 0.29) is 5.41 Å². The van der Waals surface area contributed by atoms with E-state index in [1.54, 1.807) is 6.07 Å². The Hall–Kier alpha value is -0.630. The topological polar surface area (TPSA) is 49.7 Å². The lowest BCUT2D eigenvalue weighted by Crippen LogP contribution is -2.09. The van der Waals surface area contributed by atoms with Gasteiger partial charge >= 0.3 is 8.60 Å². The third-order valence-corrected chi connectivity index (χ3v) is 2.23. The van der Waals surface area contributed by atoms with Crippen LogP contribution in [0.15, 0.2) is 24.3 Å². The maximum absolute atomic E-state index is 8.83. The highest BCUT2D eigenvalue weighted by Crippen LogP contribution is 2.34. The molecule has 4 heteroatoms. The molecule has 0 radical (unpaired) electrons. The molecule has 1 rings (SSSR count). The minimum atomic E-state index is -2.33. The van der Waals surface area contributed by atoms with Gasteiger partial charge < -0.3 is 14.3 Å². The van der Waals surface area contributed by atoms with Crippen LogP contribution in [0, 0.1) is 5.41 Å². The quantitative estimate of drug-likeness (QED) is 0.782. The molecule has 1 aromatic rings. The zero-order chi connectivity index (χ0) is 11.5. The summed E-state index contributed by atoms with van der Waals surface area (Å²) in [6, 6.07) is 7.44. The molecule has 84 valence electrons. The van der Waals surface area contributed by atoms with Crippen LogP contribution >= 0.6 is 8.60 Å². The molecule has 0 aliphatic rings. The highest BCUT2D eigenvalue weighted by Gasteiger charge is 2.15. The highest BCUT2D eigenvalue weighted by molar-refractivity contribution is 7.39. The molecule has 0 aliphatic heterocycles. The van der Waals surface area contributed by atoms with Crippen molar-refractivity contribution in [3.8, 4) is 5.75 Å². The zero-order valence-electron chi connectivity index (χ0n) is 9.27. The Kier molecular flexibility index (Phi) is 4.09. The molecule has 15 heavy (non-hydrogen) atoms. The van der Waals surface area contributed by atoms with Gasteiger partial charge in [0.25, 0.3) is 0 Å². The third-order valence-electron chi connectivity index (χ3n) is 1.87. The van der Waals surface area contributed by atoms with Crippen molar-refractivity contribution in [3.05, 3.63) is 29.8 Å². The number of hydrogen-bond donors (Lipinski definition) is 2. The van der Waals surface area contributed by atoms with E-state index in [0.29, 0.717) is 5.75 Å². The van der Waals surface area contributed by atoms with E-state index in [2.05, 4.69) is 20.8 Å². The first-order valence-corrected chi connectivity index (χ1v) is 5.99. The molecule has 0 aliphatic carbocycles. The number of hydrogen-bond acceptors (Lipinski definition) is 3. The molecule has 0 spiro atoms. The summed E-state index contributed by atoms with van der Waals surface area (Å²) in [4.78, 5) is 17.7. The van der Waals surface area contributed by atoms with Crippen molar-refractivity contribution < 1.29 is 14.3 Å². The summed E-state index contributed by atoms with van der Waals surface area (Å²) in [7, 11) is -2.33. The maximum Gasteiger partial charge on any atom is 0.391 e. The van der Waals surface area contributed by atoms with Gasteiger partial charge in [0.15, 0.2) is 0 Å². The molecule has 3 nitrogen and oxygen atoms in total. The monoisotopic (exact) mass is 228 g/mol. The molecule has 0 amide bonds. The Morgan fingerprint density at radius 1 is 1.20 bits per heavy atom. The third kappa shape index (κ3) is 4.61. The first kappa shape index (κ1) is 12.4. The summed E-state index contributed by atoms with van der Waals surface area (Å²) >= 11 is 0. The van der Waals surface area contributed by atoms with E-state index in [1.807, 2.05) is 18.2 Å². The van der Waals surface area contributed by atoms with Gasteiger partial charge in [0.05, 0.1) is 0 Å². The van der Waals surface area contributed by atoms with Gasteiger partial charge in [0.1, 0.15) is 5.75 Å². The van der Waals surface area contributed by atoms with Crippen molar-refractivity contribution in [3.63, 3.8) is 0 Å². The summed E-state index contributed by atoms with van der Waals surface area (Å²) in [5.74, 6) is 0.559. The van der Waals surface area contributed by atoms with E-state index in [0.717, 1.165) is 12.0 Å². The van der Waals surface area contributed by atoms with E-state index in [4.69, 9.17) is 14.3 Å². The van der Waals surface area contributed by atoms with E-state index in [9.17, 15) is 0 Å². The number of benzene rings is 1. The summed E-state index contributed by atoms with van der Waals surface area (Å²) in [5.41, 5.74) is 1.15. The SMILES string of the molecule is CC(C)(C)Cc1ccccc1OP(O)O. The second-order valence-electron chi connectivity index (χ2n) is 4.69. The Bertz CT molecular complexity index is 318. The molecular formula is C11H17O3P. The molecule has 0 saturated heterocycles. The van der Waals surface area contributed by atoms with Crippen LogP contribution in [0.1, 0.15) is 26.3 Å². The highest BCUT2D eigenvalue weighted by atomic mass is 31.2. The second kappa shape index (κ2) is 4.93.